The molecule has 1 aromatic carbocycles. The predicted molar refractivity (Wildman–Crippen MR) is 83.8 cm³/mol. The van der Waals surface area contributed by atoms with E-state index >= 15 is 0 Å². The van der Waals surface area contributed by atoms with Crippen molar-refractivity contribution in [1.82, 2.24) is 0 Å². The van der Waals surface area contributed by atoms with Crippen molar-refractivity contribution in [3.8, 4) is 0 Å². The summed E-state index contributed by atoms with van der Waals surface area (Å²) in [5.41, 5.74) is -0.478. The molecule has 20 heavy (non-hydrogen) atoms. The van der Waals surface area contributed by atoms with Crippen LogP contribution < -0.4 is 5.30 Å². The van der Waals surface area contributed by atoms with E-state index in [1.807, 2.05) is 57.2 Å². The molecule has 110 valence electrons. The van der Waals surface area contributed by atoms with Crippen LogP contribution in [0.15, 0.2) is 42.2 Å². The Morgan fingerprint density at radius 1 is 1.25 bits per heavy atom. The number of ether oxygens (including phenoxy) is 1. The summed E-state index contributed by atoms with van der Waals surface area (Å²) in [5, 5.41) is 0.836. The van der Waals surface area contributed by atoms with Crippen molar-refractivity contribution in [3.63, 3.8) is 0 Å². The quantitative estimate of drug-likeness (QED) is 0.471. The van der Waals surface area contributed by atoms with Crippen molar-refractivity contribution in [1.29, 1.82) is 0 Å². The lowest BCUT2D eigenvalue weighted by Crippen LogP contribution is -2.23. The first-order valence-corrected chi connectivity index (χ1v) is 8.93. The zero-order valence-corrected chi connectivity index (χ0v) is 13.5. The van der Waals surface area contributed by atoms with E-state index in [9.17, 15) is 9.36 Å². The van der Waals surface area contributed by atoms with Gasteiger partial charge in [-0.3, -0.25) is 4.79 Å². The van der Waals surface area contributed by atoms with Crippen LogP contribution in [0.5, 0.6) is 0 Å². The average molecular weight is 294 g/mol. The number of rotatable bonds is 5. The van der Waals surface area contributed by atoms with E-state index in [0.29, 0.717) is 13.0 Å². The van der Waals surface area contributed by atoms with Gasteiger partial charge in [-0.15, -0.1) is 0 Å². The van der Waals surface area contributed by atoms with Crippen molar-refractivity contribution in [2.75, 3.05) is 13.3 Å². The lowest BCUT2D eigenvalue weighted by atomic mass is 9.97. The molecular weight excluding hydrogens is 271 g/mol. The number of benzene rings is 1. The molecule has 1 rings (SSSR count). The molecule has 0 spiro atoms. The maximum absolute atomic E-state index is 12.5. The Morgan fingerprint density at radius 3 is 2.40 bits per heavy atom. The monoisotopic (exact) mass is 294 g/mol. The number of esters is 1. The zero-order valence-electron chi connectivity index (χ0n) is 12.6. The van der Waals surface area contributed by atoms with E-state index in [1.54, 1.807) is 12.5 Å². The first kappa shape index (κ1) is 16.7. The molecule has 0 radical (unpaired) electrons. The maximum Gasteiger partial charge on any atom is 0.311 e. The number of carbonyl (C=O) groups excluding carboxylic acids is 1. The van der Waals surface area contributed by atoms with Gasteiger partial charge in [0.25, 0.3) is 0 Å². The van der Waals surface area contributed by atoms with E-state index in [0.717, 1.165) is 5.30 Å². The van der Waals surface area contributed by atoms with E-state index in [4.69, 9.17) is 4.74 Å². The van der Waals surface area contributed by atoms with E-state index in [2.05, 4.69) is 0 Å². The molecule has 0 N–H and O–H groups in total. The Hall–Kier alpha value is -1.34. The van der Waals surface area contributed by atoms with Gasteiger partial charge in [0.1, 0.15) is 7.14 Å². The molecule has 0 aliphatic carbocycles. The first-order chi connectivity index (χ1) is 9.23. The van der Waals surface area contributed by atoms with Gasteiger partial charge in [0.05, 0.1) is 12.0 Å². The average Bonchev–Trinajstić information content (AvgIpc) is 2.38. The molecule has 0 unspecified atom stereocenters. The summed E-state index contributed by atoms with van der Waals surface area (Å²) in [6.45, 7) is 7.52. The smallest absolute Gasteiger partial charge is 0.311 e. The van der Waals surface area contributed by atoms with Crippen molar-refractivity contribution < 1.29 is 14.1 Å². The number of carbonyl (C=O) groups is 1. The third-order valence-electron chi connectivity index (χ3n) is 2.79. The largest absolute Gasteiger partial charge is 0.465 e. The highest BCUT2D eigenvalue weighted by atomic mass is 31.2. The Morgan fingerprint density at radius 2 is 1.85 bits per heavy atom. The molecule has 0 saturated heterocycles. The van der Waals surface area contributed by atoms with Crippen LogP contribution in [-0.4, -0.2) is 19.2 Å². The second kappa shape index (κ2) is 6.90. The zero-order chi connectivity index (χ0) is 15.2. The fourth-order valence-electron chi connectivity index (χ4n) is 1.52. The lowest BCUT2D eigenvalue weighted by Gasteiger charge is -2.16. The van der Waals surface area contributed by atoms with E-state index in [-0.39, 0.29) is 5.97 Å². The van der Waals surface area contributed by atoms with Gasteiger partial charge < -0.3 is 9.30 Å². The van der Waals surface area contributed by atoms with Crippen LogP contribution in [0.2, 0.25) is 0 Å². The number of hydrogen-bond acceptors (Lipinski definition) is 3. The van der Waals surface area contributed by atoms with Gasteiger partial charge in [-0.1, -0.05) is 36.4 Å². The molecule has 0 bridgehead atoms. The molecule has 1 aromatic rings. The van der Waals surface area contributed by atoms with Crippen LogP contribution in [0.1, 0.15) is 27.2 Å². The Bertz CT molecular complexity index is 512. The van der Waals surface area contributed by atoms with Gasteiger partial charge in [0.15, 0.2) is 0 Å². The molecule has 3 nitrogen and oxygen atoms in total. The summed E-state index contributed by atoms with van der Waals surface area (Å²) in [4.78, 5) is 11.5. The van der Waals surface area contributed by atoms with Crippen molar-refractivity contribution in [2.24, 2.45) is 5.41 Å². The standard InChI is InChI=1S/C16H23O3P/c1-16(2,3)15(17)19-12-8-9-13-20(4,18)14-10-6-5-7-11-14/h5-7,9-11,13H,8,12H2,1-4H3/b13-9+/t20-/m0/s1. The van der Waals surface area contributed by atoms with E-state index < -0.39 is 12.6 Å². The fourth-order valence-corrected chi connectivity index (χ4v) is 3.01. The molecular formula is C16H23O3P. The molecule has 0 amide bonds. The first-order valence-electron chi connectivity index (χ1n) is 6.71. The van der Waals surface area contributed by atoms with Crippen LogP contribution >= 0.6 is 7.14 Å². The molecule has 0 aliphatic rings. The Labute approximate surface area is 121 Å². The van der Waals surface area contributed by atoms with E-state index in [1.165, 1.54) is 0 Å². The van der Waals surface area contributed by atoms with Crippen LogP contribution in [0, 0.1) is 5.41 Å². The molecule has 0 fully saturated rings. The third kappa shape index (κ3) is 5.34. The third-order valence-corrected chi connectivity index (χ3v) is 4.89. The minimum absolute atomic E-state index is 0.214. The summed E-state index contributed by atoms with van der Waals surface area (Å²) >= 11 is 0. The Balaban J connectivity index is 2.46. The van der Waals surface area contributed by atoms with Gasteiger partial charge in [0, 0.05) is 5.30 Å². The van der Waals surface area contributed by atoms with Crippen molar-refractivity contribution >= 4 is 18.4 Å². The molecule has 0 aromatic heterocycles. The van der Waals surface area contributed by atoms with Gasteiger partial charge in [0.2, 0.25) is 0 Å². The molecule has 1 atom stereocenters. The minimum atomic E-state index is -2.46. The molecule has 0 heterocycles. The topological polar surface area (TPSA) is 43.4 Å². The summed E-state index contributed by atoms with van der Waals surface area (Å²) in [6, 6.07) is 9.39. The van der Waals surface area contributed by atoms with Crippen LogP contribution in [0.3, 0.4) is 0 Å². The van der Waals surface area contributed by atoms with Gasteiger partial charge in [-0.2, -0.15) is 0 Å². The van der Waals surface area contributed by atoms with Gasteiger partial charge in [-0.05, 0) is 39.7 Å². The summed E-state index contributed by atoms with van der Waals surface area (Å²) in [6.07, 6.45) is 2.40. The van der Waals surface area contributed by atoms with Crippen LogP contribution in [0.4, 0.5) is 0 Å². The highest BCUT2D eigenvalue weighted by Crippen LogP contribution is 2.41. The molecule has 0 saturated carbocycles. The summed E-state index contributed by atoms with van der Waals surface area (Å²) in [5.74, 6) is 1.52. The molecule has 0 aliphatic heterocycles. The fraction of sp³-hybridized carbons (Fsp3) is 0.438. The van der Waals surface area contributed by atoms with Gasteiger partial charge in [-0.25, -0.2) is 0 Å². The predicted octanol–water partition coefficient (Wildman–Crippen LogP) is 3.80. The summed E-state index contributed by atoms with van der Waals surface area (Å²) < 4.78 is 17.6. The number of hydrogen-bond donors (Lipinski definition) is 0. The second-order valence-corrected chi connectivity index (χ2v) is 8.68. The maximum atomic E-state index is 12.5. The molecule has 4 heteroatoms. The second-order valence-electron chi connectivity index (χ2n) is 5.89. The van der Waals surface area contributed by atoms with Crippen molar-refractivity contribution in [3.05, 3.63) is 42.2 Å². The van der Waals surface area contributed by atoms with Crippen molar-refractivity contribution in [2.45, 2.75) is 27.2 Å². The lowest BCUT2D eigenvalue weighted by molar-refractivity contribution is -0.152. The normalized spacial score (nSPS) is 15.0. The minimum Gasteiger partial charge on any atom is -0.465 e. The highest BCUT2D eigenvalue weighted by molar-refractivity contribution is 7.73. The van der Waals surface area contributed by atoms with Gasteiger partial charge >= 0.3 is 5.97 Å². The highest BCUT2D eigenvalue weighted by Gasteiger charge is 2.22. The van der Waals surface area contributed by atoms with Crippen LogP contribution in [0.25, 0.3) is 0 Å². The van der Waals surface area contributed by atoms with Crippen LogP contribution in [-0.2, 0) is 14.1 Å². The Kier molecular flexibility index (Phi) is 5.76. The SMILES string of the molecule is CC(C)(C)C(=O)OCC/C=C/[P@](C)(=O)c1ccccc1. The summed E-state index contributed by atoms with van der Waals surface area (Å²) in [7, 11) is -2.46.